The number of carbonyl (C=O) groups is 1. The zero-order valence-electron chi connectivity index (χ0n) is 16.6. The lowest BCUT2D eigenvalue weighted by molar-refractivity contribution is 0.0741. The number of amides is 1. The topological polar surface area (TPSA) is 55.5 Å². The number of nitrogens with zero attached hydrogens (tertiary/aromatic N) is 4. The Kier molecular flexibility index (Phi) is 5.19. The van der Waals surface area contributed by atoms with E-state index in [-0.39, 0.29) is 5.91 Å². The fourth-order valence-corrected chi connectivity index (χ4v) is 3.92. The van der Waals surface area contributed by atoms with E-state index in [2.05, 4.69) is 39.7 Å². The maximum Gasteiger partial charge on any atom is 0.270 e. The summed E-state index contributed by atoms with van der Waals surface area (Å²) in [5.41, 5.74) is 2.83. The summed E-state index contributed by atoms with van der Waals surface area (Å²) >= 11 is 0. The van der Waals surface area contributed by atoms with Crippen LogP contribution in [0.25, 0.3) is 10.9 Å². The molecule has 1 aromatic carbocycles. The van der Waals surface area contributed by atoms with E-state index in [0.29, 0.717) is 18.8 Å². The molecule has 6 heteroatoms. The summed E-state index contributed by atoms with van der Waals surface area (Å²) in [6.45, 7) is 9.20. The third-order valence-corrected chi connectivity index (χ3v) is 5.50. The molecule has 146 valence electrons. The summed E-state index contributed by atoms with van der Waals surface area (Å²) in [6, 6.07) is 14.1. The van der Waals surface area contributed by atoms with Crippen molar-refractivity contribution < 1.29 is 4.79 Å². The molecule has 0 radical (unpaired) electrons. The van der Waals surface area contributed by atoms with Gasteiger partial charge in [-0.15, -0.1) is 0 Å². The van der Waals surface area contributed by atoms with Crippen LogP contribution in [-0.4, -0.2) is 60.0 Å². The first-order chi connectivity index (χ1) is 13.7. The number of piperazine rings is 1. The smallest absolute Gasteiger partial charge is 0.270 e. The van der Waals surface area contributed by atoms with E-state index in [1.807, 2.05) is 47.5 Å². The van der Waals surface area contributed by atoms with Crippen LogP contribution in [-0.2, 0) is 0 Å². The lowest BCUT2D eigenvalue weighted by Crippen LogP contribution is -2.49. The Labute approximate surface area is 165 Å². The minimum Gasteiger partial charge on any atom is -0.369 e. The van der Waals surface area contributed by atoms with Crippen LogP contribution in [0.2, 0.25) is 0 Å². The van der Waals surface area contributed by atoms with Gasteiger partial charge in [-0.25, -0.2) is 4.98 Å². The number of aromatic amines is 1. The summed E-state index contributed by atoms with van der Waals surface area (Å²) in [6.07, 6.45) is 1.85. The van der Waals surface area contributed by atoms with Crippen molar-refractivity contribution in [1.29, 1.82) is 0 Å². The predicted molar refractivity (Wildman–Crippen MR) is 114 cm³/mol. The van der Waals surface area contributed by atoms with Gasteiger partial charge < -0.3 is 19.7 Å². The van der Waals surface area contributed by atoms with Gasteiger partial charge in [-0.3, -0.25) is 4.79 Å². The number of pyridine rings is 1. The summed E-state index contributed by atoms with van der Waals surface area (Å²) < 4.78 is 0. The maximum atomic E-state index is 12.9. The lowest BCUT2D eigenvalue weighted by atomic mass is 10.2. The molecule has 1 aliphatic heterocycles. The lowest BCUT2D eigenvalue weighted by Gasteiger charge is -2.37. The second-order valence-electron chi connectivity index (χ2n) is 7.07. The van der Waals surface area contributed by atoms with Crippen molar-refractivity contribution in [3.63, 3.8) is 0 Å². The fraction of sp³-hybridized carbons (Fsp3) is 0.364. The highest BCUT2D eigenvalue weighted by molar-refractivity contribution is 5.98. The Balaban J connectivity index is 1.47. The average Bonchev–Trinajstić information content (AvgIpc) is 3.19. The molecular weight excluding hydrogens is 350 g/mol. The molecule has 0 spiro atoms. The summed E-state index contributed by atoms with van der Waals surface area (Å²) in [7, 11) is 0. The van der Waals surface area contributed by atoms with Crippen LogP contribution in [0.5, 0.6) is 0 Å². The number of aromatic nitrogens is 2. The van der Waals surface area contributed by atoms with Crippen LogP contribution in [0, 0.1) is 0 Å². The number of hydrogen-bond acceptors (Lipinski definition) is 4. The molecule has 3 aromatic rings. The molecule has 1 N–H and O–H groups in total. The van der Waals surface area contributed by atoms with Gasteiger partial charge >= 0.3 is 0 Å². The zero-order chi connectivity index (χ0) is 19.5. The van der Waals surface area contributed by atoms with Crippen molar-refractivity contribution in [3.05, 3.63) is 54.4 Å². The third-order valence-electron chi connectivity index (χ3n) is 5.50. The molecular formula is C22H27N5O. The van der Waals surface area contributed by atoms with Gasteiger partial charge in [0.25, 0.3) is 5.91 Å². The van der Waals surface area contributed by atoms with Gasteiger partial charge in [0.1, 0.15) is 5.69 Å². The van der Waals surface area contributed by atoms with E-state index >= 15 is 0 Å². The SMILES string of the molecule is CCN(CC)c1cccnc1N1CCN(C(=O)c2cc3ccccc3[nH]2)CC1. The average molecular weight is 377 g/mol. The number of nitrogens with one attached hydrogen (secondary N) is 1. The van der Waals surface area contributed by atoms with Crippen molar-refractivity contribution in [2.45, 2.75) is 13.8 Å². The number of benzene rings is 1. The molecule has 4 rings (SSSR count). The summed E-state index contributed by atoms with van der Waals surface area (Å²) in [5.74, 6) is 1.09. The molecule has 0 bridgehead atoms. The van der Waals surface area contributed by atoms with E-state index in [1.54, 1.807) is 0 Å². The number of fused-ring (bicyclic) bond motifs is 1. The summed E-state index contributed by atoms with van der Waals surface area (Å²) in [4.78, 5) is 27.4. The number of hydrogen-bond donors (Lipinski definition) is 1. The number of carbonyl (C=O) groups excluding carboxylic acids is 1. The van der Waals surface area contributed by atoms with Gasteiger partial charge in [0.2, 0.25) is 0 Å². The van der Waals surface area contributed by atoms with Gasteiger partial charge in [-0.05, 0) is 38.1 Å². The first-order valence-electron chi connectivity index (χ1n) is 10.0. The minimum absolute atomic E-state index is 0.0702. The second-order valence-corrected chi connectivity index (χ2v) is 7.07. The highest BCUT2D eigenvalue weighted by atomic mass is 16.2. The van der Waals surface area contributed by atoms with Gasteiger partial charge in [0.05, 0.1) is 5.69 Å². The molecule has 3 heterocycles. The molecule has 1 fully saturated rings. The van der Waals surface area contributed by atoms with Crippen LogP contribution < -0.4 is 9.80 Å². The molecule has 1 aliphatic rings. The highest BCUT2D eigenvalue weighted by Crippen LogP contribution is 2.27. The molecule has 2 aromatic heterocycles. The molecule has 1 amide bonds. The van der Waals surface area contributed by atoms with E-state index in [1.165, 1.54) is 5.69 Å². The van der Waals surface area contributed by atoms with Crippen molar-refractivity contribution in [1.82, 2.24) is 14.9 Å². The molecule has 0 atom stereocenters. The van der Waals surface area contributed by atoms with Crippen LogP contribution in [0.4, 0.5) is 11.5 Å². The number of para-hydroxylation sites is 1. The highest BCUT2D eigenvalue weighted by Gasteiger charge is 2.25. The normalized spacial score (nSPS) is 14.5. The zero-order valence-corrected chi connectivity index (χ0v) is 16.6. The largest absolute Gasteiger partial charge is 0.369 e. The Morgan fingerprint density at radius 3 is 2.54 bits per heavy atom. The van der Waals surface area contributed by atoms with Crippen LogP contribution in [0.15, 0.2) is 48.7 Å². The Hall–Kier alpha value is -3.02. The van der Waals surface area contributed by atoms with Gasteiger partial charge in [0.15, 0.2) is 5.82 Å². The first-order valence-corrected chi connectivity index (χ1v) is 10.0. The van der Waals surface area contributed by atoms with Crippen LogP contribution in [0.1, 0.15) is 24.3 Å². The van der Waals surface area contributed by atoms with E-state index in [0.717, 1.165) is 42.9 Å². The van der Waals surface area contributed by atoms with Crippen molar-refractivity contribution in [2.24, 2.45) is 0 Å². The molecule has 6 nitrogen and oxygen atoms in total. The predicted octanol–water partition coefficient (Wildman–Crippen LogP) is 3.37. The van der Waals surface area contributed by atoms with Crippen LogP contribution >= 0.6 is 0 Å². The first kappa shape index (κ1) is 18.3. The van der Waals surface area contributed by atoms with Crippen molar-refractivity contribution in [3.8, 4) is 0 Å². The minimum atomic E-state index is 0.0702. The Bertz CT molecular complexity index is 921. The fourth-order valence-electron chi connectivity index (χ4n) is 3.92. The quantitative estimate of drug-likeness (QED) is 0.741. The van der Waals surface area contributed by atoms with Crippen LogP contribution in [0.3, 0.4) is 0 Å². The third kappa shape index (κ3) is 3.42. The van der Waals surface area contributed by atoms with E-state index in [9.17, 15) is 4.79 Å². The van der Waals surface area contributed by atoms with E-state index < -0.39 is 0 Å². The Morgan fingerprint density at radius 1 is 1.07 bits per heavy atom. The molecule has 0 saturated carbocycles. The van der Waals surface area contributed by atoms with E-state index in [4.69, 9.17) is 0 Å². The van der Waals surface area contributed by atoms with Crippen molar-refractivity contribution in [2.75, 3.05) is 49.1 Å². The molecule has 0 unspecified atom stereocenters. The van der Waals surface area contributed by atoms with Gasteiger partial charge in [-0.2, -0.15) is 0 Å². The van der Waals surface area contributed by atoms with Gasteiger partial charge in [-0.1, -0.05) is 18.2 Å². The number of rotatable bonds is 5. The second kappa shape index (κ2) is 7.92. The molecule has 1 saturated heterocycles. The number of H-pyrrole nitrogens is 1. The monoisotopic (exact) mass is 377 g/mol. The van der Waals surface area contributed by atoms with Gasteiger partial charge in [0, 0.05) is 56.4 Å². The van der Waals surface area contributed by atoms with Crippen molar-refractivity contribution >= 4 is 28.3 Å². The standard InChI is InChI=1S/C22H27N5O/c1-3-25(4-2)20-10-7-11-23-21(20)26-12-14-27(15-13-26)22(28)19-16-17-8-5-6-9-18(17)24-19/h5-11,16,24H,3-4,12-15H2,1-2H3. The molecule has 0 aliphatic carbocycles. The Morgan fingerprint density at radius 2 is 1.82 bits per heavy atom. The maximum absolute atomic E-state index is 12.9. The summed E-state index contributed by atoms with van der Waals surface area (Å²) in [5, 5.41) is 1.07. The number of anilines is 2. The molecule has 28 heavy (non-hydrogen) atoms.